The molecule has 3 rings (SSSR count). The van der Waals surface area contributed by atoms with E-state index in [1.807, 2.05) is 6.07 Å². The lowest BCUT2D eigenvalue weighted by Crippen LogP contribution is -2.29. The molecule has 1 aliphatic carbocycles. The molecule has 0 radical (unpaired) electrons. The number of imidazole rings is 1. The van der Waals surface area contributed by atoms with Crippen molar-refractivity contribution in [3.05, 3.63) is 29.8 Å². The van der Waals surface area contributed by atoms with Gasteiger partial charge in [-0.1, -0.05) is 20.8 Å². The maximum Gasteiger partial charge on any atom is 0.127 e. The van der Waals surface area contributed by atoms with Crippen molar-refractivity contribution in [2.75, 3.05) is 0 Å². The van der Waals surface area contributed by atoms with Crippen molar-refractivity contribution in [1.82, 2.24) is 9.55 Å². The number of benzene rings is 1. The van der Waals surface area contributed by atoms with Gasteiger partial charge in [-0.15, -0.1) is 0 Å². The molecule has 1 saturated carbocycles. The van der Waals surface area contributed by atoms with Crippen LogP contribution < -0.4 is 5.73 Å². The number of nitrogens with two attached hydrogens (primary N) is 1. The topological polar surface area (TPSA) is 43.8 Å². The normalized spacial score (nSPS) is 17.9. The van der Waals surface area contributed by atoms with Crippen molar-refractivity contribution in [3.8, 4) is 0 Å². The lowest BCUT2D eigenvalue weighted by molar-refractivity contribution is 0.308. The Morgan fingerprint density at radius 3 is 2.63 bits per heavy atom. The van der Waals surface area contributed by atoms with Crippen LogP contribution in [0.3, 0.4) is 0 Å². The molecule has 1 aliphatic rings. The van der Waals surface area contributed by atoms with Gasteiger partial charge in [-0.25, -0.2) is 9.37 Å². The van der Waals surface area contributed by atoms with Crippen molar-refractivity contribution in [2.45, 2.75) is 45.7 Å². The first-order valence-corrected chi connectivity index (χ1v) is 6.81. The molecule has 1 atom stereocenters. The van der Waals surface area contributed by atoms with Crippen LogP contribution in [0, 0.1) is 11.2 Å². The Morgan fingerprint density at radius 2 is 2.05 bits per heavy atom. The van der Waals surface area contributed by atoms with Crippen LogP contribution in [0.4, 0.5) is 4.39 Å². The number of rotatable bonds is 2. The monoisotopic (exact) mass is 261 g/mol. The van der Waals surface area contributed by atoms with E-state index in [-0.39, 0.29) is 17.3 Å². The van der Waals surface area contributed by atoms with Crippen LogP contribution in [-0.4, -0.2) is 9.55 Å². The Morgan fingerprint density at radius 1 is 1.37 bits per heavy atom. The molecule has 3 nitrogen and oxygen atoms in total. The van der Waals surface area contributed by atoms with Gasteiger partial charge in [0.25, 0.3) is 0 Å². The predicted octanol–water partition coefficient (Wildman–Crippen LogP) is 3.56. The summed E-state index contributed by atoms with van der Waals surface area (Å²) in [4.78, 5) is 4.60. The molecule has 1 heterocycles. The number of hydrogen-bond donors (Lipinski definition) is 1. The van der Waals surface area contributed by atoms with E-state index in [1.54, 1.807) is 0 Å². The number of fused-ring (bicyclic) bond motifs is 1. The van der Waals surface area contributed by atoms with Crippen LogP contribution in [0.5, 0.6) is 0 Å². The first-order chi connectivity index (χ1) is 8.88. The molecule has 0 saturated heterocycles. The largest absolute Gasteiger partial charge is 0.324 e. The van der Waals surface area contributed by atoms with E-state index in [4.69, 9.17) is 5.73 Å². The van der Waals surface area contributed by atoms with Gasteiger partial charge in [0.15, 0.2) is 0 Å². The van der Waals surface area contributed by atoms with E-state index < -0.39 is 0 Å². The third kappa shape index (κ3) is 2.14. The summed E-state index contributed by atoms with van der Waals surface area (Å²) in [7, 11) is 0. The van der Waals surface area contributed by atoms with Gasteiger partial charge in [0.05, 0.1) is 17.1 Å². The molecule has 102 valence electrons. The molecule has 0 aliphatic heterocycles. The average molecular weight is 261 g/mol. The standard InChI is InChI=1S/C15H20FN3/c1-15(2,3)13(17)14-18-11-8-9(16)4-7-12(11)19(14)10-5-6-10/h4,7-8,10,13H,5-6,17H2,1-3H3. The summed E-state index contributed by atoms with van der Waals surface area (Å²) >= 11 is 0. The second kappa shape index (κ2) is 4.04. The second-order valence-corrected chi connectivity index (χ2v) is 6.55. The second-order valence-electron chi connectivity index (χ2n) is 6.55. The fraction of sp³-hybridized carbons (Fsp3) is 0.533. The van der Waals surface area contributed by atoms with Gasteiger partial charge in [0, 0.05) is 12.1 Å². The van der Waals surface area contributed by atoms with E-state index in [1.165, 1.54) is 12.1 Å². The van der Waals surface area contributed by atoms with Crippen LogP contribution in [0.15, 0.2) is 18.2 Å². The molecule has 4 heteroatoms. The summed E-state index contributed by atoms with van der Waals surface area (Å²) in [5, 5.41) is 0. The Kier molecular flexibility index (Phi) is 2.68. The molecule has 0 bridgehead atoms. The Balaban J connectivity index is 2.20. The highest BCUT2D eigenvalue weighted by atomic mass is 19.1. The highest BCUT2D eigenvalue weighted by Crippen LogP contribution is 2.42. The summed E-state index contributed by atoms with van der Waals surface area (Å²) in [5.41, 5.74) is 8.01. The van der Waals surface area contributed by atoms with Gasteiger partial charge in [0.1, 0.15) is 11.6 Å². The molecule has 1 aromatic heterocycles. The molecule has 2 N–H and O–H groups in total. The zero-order valence-corrected chi connectivity index (χ0v) is 11.7. The Bertz CT molecular complexity index is 620. The quantitative estimate of drug-likeness (QED) is 0.898. The molecule has 19 heavy (non-hydrogen) atoms. The predicted molar refractivity (Wildman–Crippen MR) is 74.3 cm³/mol. The number of aromatic nitrogens is 2. The smallest absolute Gasteiger partial charge is 0.127 e. The highest BCUT2D eigenvalue weighted by molar-refractivity contribution is 5.76. The van der Waals surface area contributed by atoms with Gasteiger partial charge >= 0.3 is 0 Å². The third-order valence-electron chi connectivity index (χ3n) is 3.80. The van der Waals surface area contributed by atoms with Crippen LogP contribution >= 0.6 is 0 Å². The van der Waals surface area contributed by atoms with Crippen LogP contribution in [0.1, 0.15) is 51.5 Å². The van der Waals surface area contributed by atoms with Crippen LogP contribution in [0.2, 0.25) is 0 Å². The molecule has 1 aromatic carbocycles. The molecule has 1 fully saturated rings. The molecule has 1 unspecified atom stereocenters. The molecular formula is C15H20FN3. The fourth-order valence-corrected chi connectivity index (χ4v) is 2.41. The summed E-state index contributed by atoms with van der Waals surface area (Å²) in [6, 6.07) is 5.14. The molecular weight excluding hydrogens is 241 g/mol. The maximum absolute atomic E-state index is 13.3. The number of halogens is 1. The maximum atomic E-state index is 13.3. The Labute approximate surface area is 112 Å². The summed E-state index contributed by atoms with van der Waals surface area (Å²) in [6.45, 7) is 6.32. The van der Waals surface area contributed by atoms with E-state index >= 15 is 0 Å². The zero-order chi connectivity index (χ0) is 13.8. The van der Waals surface area contributed by atoms with Crippen molar-refractivity contribution in [1.29, 1.82) is 0 Å². The highest BCUT2D eigenvalue weighted by Gasteiger charge is 2.33. The van der Waals surface area contributed by atoms with Gasteiger partial charge in [-0.2, -0.15) is 0 Å². The van der Waals surface area contributed by atoms with Gasteiger partial charge in [-0.3, -0.25) is 0 Å². The van der Waals surface area contributed by atoms with E-state index in [9.17, 15) is 4.39 Å². The number of nitrogens with zero attached hydrogens (tertiary/aromatic N) is 2. The number of hydrogen-bond acceptors (Lipinski definition) is 2. The first kappa shape index (κ1) is 12.6. The Hall–Kier alpha value is -1.42. The summed E-state index contributed by atoms with van der Waals surface area (Å²) in [5.74, 6) is 0.638. The van der Waals surface area contributed by atoms with Crippen LogP contribution in [-0.2, 0) is 0 Å². The molecule has 0 amide bonds. The van der Waals surface area contributed by atoms with Gasteiger partial charge in [-0.05, 0) is 30.4 Å². The van der Waals surface area contributed by atoms with E-state index in [0.717, 1.165) is 24.2 Å². The van der Waals surface area contributed by atoms with Gasteiger partial charge in [0.2, 0.25) is 0 Å². The third-order valence-corrected chi connectivity index (χ3v) is 3.80. The first-order valence-electron chi connectivity index (χ1n) is 6.81. The minimum Gasteiger partial charge on any atom is -0.324 e. The molecule has 2 aromatic rings. The van der Waals surface area contributed by atoms with Crippen molar-refractivity contribution < 1.29 is 4.39 Å². The SMILES string of the molecule is CC(C)(C)C(N)c1nc2cc(F)ccc2n1C1CC1. The van der Waals surface area contributed by atoms with E-state index in [2.05, 4.69) is 30.3 Å². The fourth-order valence-electron chi connectivity index (χ4n) is 2.41. The lowest BCUT2D eigenvalue weighted by Gasteiger charge is -2.27. The van der Waals surface area contributed by atoms with Crippen LogP contribution in [0.25, 0.3) is 11.0 Å². The van der Waals surface area contributed by atoms with Crippen molar-refractivity contribution >= 4 is 11.0 Å². The summed E-state index contributed by atoms with van der Waals surface area (Å²) < 4.78 is 15.6. The van der Waals surface area contributed by atoms with Gasteiger partial charge < -0.3 is 10.3 Å². The average Bonchev–Trinajstić information content (AvgIpc) is 3.08. The van der Waals surface area contributed by atoms with E-state index in [0.29, 0.717) is 11.6 Å². The lowest BCUT2D eigenvalue weighted by atomic mass is 9.87. The van der Waals surface area contributed by atoms with Crippen molar-refractivity contribution in [2.24, 2.45) is 11.1 Å². The minimum absolute atomic E-state index is 0.0629. The zero-order valence-electron chi connectivity index (χ0n) is 11.7. The summed E-state index contributed by atoms with van der Waals surface area (Å²) in [6.07, 6.45) is 2.32. The molecule has 0 spiro atoms. The van der Waals surface area contributed by atoms with Crippen molar-refractivity contribution in [3.63, 3.8) is 0 Å². The minimum atomic E-state index is -0.246.